The molecule has 0 spiro atoms. The Hall–Kier alpha value is -3.12. The van der Waals surface area contributed by atoms with Crippen LogP contribution in [0, 0.1) is 0 Å². The summed E-state index contributed by atoms with van der Waals surface area (Å²) >= 11 is 0. The molecule has 0 saturated carbocycles. The van der Waals surface area contributed by atoms with Crippen molar-refractivity contribution in [3.63, 3.8) is 0 Å². The van der Waals surface area contributed by atoms with Crippen LogP contribution in [0.1, 0.15) is 12.5 Å². The zero-order valence-electron chi connectivity index (χ0n) is 14.2. The zero-order chi connectivity index (χ0) is 17.0. The molecule has 0 heterocycles. The minimum absolute atomic E-state index is 1.19. The molecule has 4 aromatic carbocycles. The Balaban J connectivity index is 1.91. The average molecular weight is 318 g/mol. The summed E-state index contributed by atoms with van der Waals surface area (Å²) in [6.07, 6.45) is 4.08. The summed E-state index contributed by atoms with van der Waals surface area (Å²) in [7, 11) is 0. The van der Waals surface area contributed by atoms with Gasteiger partial charge in [0.2, 0.25) is 0 Å². The van der Waals surface area contributed by atoms with Gasteiger partial charge in [-0.3, -0.25) is 0 Å². The molecule has 4 aromatic rings. The third kappa shape index (κ3) is 1.88. The van der Waals surface area contributed by atoms with Crippen LogP contribution in [0.25, 0.3) is 49.4 Å². The van der Waals surface area contributed by atoms with Crippen LogP contribution in [-0.4, -0.2) is 0 Å². The van der Waals surface area contributed by atoms with Gasteiger partial charge in [-0.15, -0.1) is 0 Å². The lowest BCUT2D eigenvalue weighted by Crippen LogP contribution is -1.85. The largest absolute Gasteiger partial charge is 0.0985 e. The Morgan fingerprint density at radius 3 is 2.08 bits per heavy atom. The number of rotatable bonds is 2. The summed E-state index contributed by atoms with van der Waals surface area (Å²) < 4.78 is 0. The van der Waals surface area contributed by atoms with Crippen molar-refractivity contribution in [2.45, 2.75) is 6.92 Å². The van der Waals surface area contributed by atoms with Crippen LogP contribution >= 0.6 is 0 Å². The lowest BCUT2D eigenvalue weighted by molar-refractivity contribution is 1.65. The van der Waals surface area contributed by atoms with Gasteiger partial charge in [0, 0.05) is 0 Å². The first-order valence-electron chi connectivity index (χ1n) is 8.70. The van der Waals surface area contributed by atoms with E-state index in [1.165, 1.54) is 54.9 Å². The molecule has 0 aromatic heterocycles. The molecule has 0 fully saturated rings. The molecule has 0 heteroatoms. The highest BCUT2D eigenvalue weighted by atomic mass is 14.3. The van der Waals surface area contributed by atoms with Crippen LogP contribution in [-0.2, 0) is 0 Å². The van der Waals surface area contributed by atoms with Crippen LogP contribution < -0.4 is 0 Å². The summed E-state index contributed by atoms with van der Waals surface area (Å²) in [4.78, 5) is 0. The van der Waals surface area contributed by atoms with E-state index in [4.69, 9.17) is 0 Å². The summed E-state index contributed by atoms with van der Waals surface area (Å²) in [6, 6.07) is 24.4. The van der Waals surface area contributed by atoms with E-state index >= 15 is 0 Å². The molecule has 118 valence electrons. The summed E-state index contributed by atoms with van der Waals surface area (Å²) in [5, 5.41) is 5.27. The van der Waals surface area contributed by atoms with Gasteiger partial charge in [-0.1, -0.05) is 73.3 Å². The molecule has 5 rings (SSSR count). The van der Waals surface area contributed by atoms with Crippen molar-refractivity contribution in [3.05, 3.63) is 91.0 Å². The summed E-state index contributed by atoms with van der Waals surface area (Å²) in [5.74, 6) is 0. The van der Waals surface area contributed by atoms with Crippen LogP contribution in [0.4, 0.5) is 0 Å². The number of benzene rings is 4. The zero-order valence-corrected chi connectivity index (χ0v) is 14.2. The van der Waals surface area contributed by atoms with Gasteiger partial charge in [0.05, 0.1) is 0 Å². The molecule has 1 aliphatic rings. The maximum absolute atomic E-state index is 3.98. The molecular formula is C25H18. The van der Waals surface area contributed by atoms with Gasteiger partial charge in [0.1, 0.15) is 0 Å². The normalized spacial score (nSPS) is 12.6. The van der Waals surface area contributed by atoms with E-state index in [0.29, 0.717) is 0 Å². The van der Waals surface area contributed by atoms with Crippen molar-refractivity contribution < 1.29 is 0 Å². The number of allylic oxidation sites excluding steroid dienone is 3. The van der Waals surface area contributed by atoms with E-state index in [9.17, 15) is 0 Å². The maximum atomic E-state index is 3.98. The molecule has 0 unspecified atom stereocenters. The van der Waals surface area contributed by atoms with E-state index in [-0.39, 0.29) is 0 Å². The molecule has 0 bridgehead atoms. The highest BCUT2D eigenvalue weighted by molar-refractivity contribution is 6.19. The molecule has 1 aliphatic carbocycles. The van der Waals surface area contributed by atoms with Crippen molar-refractivity contribution in [1.82, 2.24) is 0 Å². The molecular weight excluding hydrogens is 300 g/mol. The van der Waals surface area contributed by atoms with Crippen LogP contribution in [0.5, 0.6) is 0 Å². The number of fused-ring (bicyclic) bond motifs is 4. The van der Waals surface area contributed by atoms with Gasteiger partial charge in [0.15, 0.2) is 0 Å². The fraction of sp³-hybridized carbons (Fsp3) is 0.0400. The first-order valence-corrected chi connectivity index (χ1v) is 8.70. The fourth-order valence-corrected chi connectivity index (χ4v) is 4.18. The van der Waals surface area contributed by atoms with Gasteiger partial charge >= 0.3 is 0 Å². The molecule has 0 aliphatic heterocycles. The second-order valence-corrected chi connectivity index (χ2v) is 6.58. The Kier molecular flexibility index (Phi) is 2.96. The van der Waals surface area contributed by atoms with Crippen LogP contribution in [0.2, 0.25) is 0 Å². The first kappa shape index (κ1) is 14.2. The molecule has 0 nitrogen and oxygen atoms in total. The smallest absolute Gasteiger partial charge is 0.00201 e. The Bertz CT molecular complexity index is 1160. The Labute approximate surface area is 147 Å². The summed E-state index contributed by atoms with van der Waals surface area (Å²) in [6.45, 7) is 6.05. The van der Waals surface area contributed by atoms with Crippen molar-refractivity contribution >= 4 is 27.1 Å². The molecule has 0 atom stereocenters. The van der Waals surface area contributed by atoms with Gasteiger partial charge in [-0.2, -0.15) is 0 Å². The van der Waals surface area contributed by atoms with Crippen LogP contribution in [0.3, 0.4) is 0 Å². The SMILES string of the molecule is C=C/C(=C\C)c1ccc2c3c(cccc13)-c1cc3ccccc3cc1-2. The van der Waals surface area contributed by atoms with Gasteiger partial charge in [0.25, 0.3) is 0 Å². The second kappa shape index (κ2) is 5.19. The van der Waals surface area contributed by atoms with Crippen molar-refractivity contribution in [3.8, 4) is 22.3 Å². The topological polar surface area (TPSA) is 0 Å². The van der Waals surface area contributed by atoms with E-state index < -0.39 is 0 Å². The first-order chi connectivity index (χ1) is 12.3. The molecule has 25 heavy (non-hydrogen) atoms. The van der Waals surface area contributed by atoms with E-state index in [0.717, 1.165) is 0 Å². The lowest BCUT2D eigenvalue weighted by atomic mass is 9.94. The molecule has 0 radical (unpaired) electrons. The maximum Gasteiger partial charge on any atom is -0.00201 e. The average Bonchev–Trinajstić information content (AvgIpc) is 2.97. The predicted molar refractivity (Wildman–Crippen MR) is 110 cm³/mol. The lowest BCUT2D eigenvalue weighted by Gasteiger charge is -2.10. The van der Waals surface area contributed by atoms with Crippen molar-refractivity contribution in [2.24, 2.45) is 0 Å². The van der Waals surface area contributed by atoms with Gasteiger partial charge in [-0.25, -0.2) is 0 Å². The standard InChI is InChI=1S/C25H18/c1-3-16(4-2)19-12-13-22-24-15-18-9-6-5-8-17(18)14-23(24)21-11-7-10-20(19)25(21)22/h3-15H,1H2,2H3/b16-4+. The highest BCUT2D eigenvalue weighted by Gasteiger charge is 2.23. The Morgan fingerprint density at radius 1 is 0.760 bits per heavy atom. The van der Waals surface area contributed by atoms with Crippen LogP contribution in [0.15, 0.2) is 85.5 Å². The van der Waals surface area contributed by atoms with Gasteiger partial charge in [-0.05, 0) is 74.0 Å². The van der Waals surface area contributed by atoms with Crippen molar-refractivity contribution in [2.75, 3.05) is 0 Å². The second-order valence-electron chi connectivity index (χ2n) is 6.58. The molecule has 0 saturated heterocycles. The fourth-order valence-electron chi connectivity index (χ4n) is 4.18. The monoisotopic (exact) mass is 318 g/mol. The summed E-state index contributed by atoms with van der Waals surface area (Å²) in [5.41, 5.74) is 7.82. The third-order valence-electron chi connectivity index (χ3n) is 5.35. The number of hydrogen-bond acceptors (Lipinski definition) is 0. The molecule has 0 amide bonds. The van der Waals surface area contributed by atoms with E-state index in [1.807, 2.05) is 6.08 Å². The van der Waals surface area contributed by atoms with E-state index in [1.54, 1.807) is 0 Å². The quantitative estimate of drug-likeness (QED) is 0.301. The third-order valence-corrected chi connectivity index (χ3v) is 5.35. The highest BCUT2D eigenvalue weighted by Crippen LogP contribution is 2.49. The number of hydrogen-bond donors (Lipinski definition) is 0. The molecule has 0 N–H and O–H groups in total. The van der Waals surface area contributed by atoms with E-state index in [2.05, 4.69) is 86.3 Å². The predicted octanol–water partition coefficient (Wildman–Crippen LogP) is 7.23. The van der Waals surface area contributed by atoms with Crippen molar-refractivity contribution in [1.29, 1.82) is 0 Å². The minimum Gasteiger partial charge on any atom is -0.0985 e. The minimum atomic E-state index is 1.19. The Morgan fingerprint density at radius 2 is 1.44 bits per heavy atom. The van der Waals surface area contributed by atoms with Gasteiger partial charge < -0.3 is 0 Å².